The van der Waals surface area contributed by atoms with Crippen LogP contribution in [0.2, 0.25) is 0 Å². The lowest BCUT2D eigenvalue weighted by Gasteiger charge is -2.24. The summed E-state index contributed by atoms with van der Waals surface area (Å²) in [5.74, 6) is -0.104. The Balaban J connectivity index is 2.59. The Morgan fingerprint density at radius 2 is 2.18 bits per heavy atom. The van der Waals surface area contributed by atoms with Gasteiger partial charge in [0, 0.05) is 7.11 Å². The molecule has 1 fully saturated rings. The zero-order chi connectivity index (χ0) is 12.7. The SMILES string of the molecule is CCCC(COC)NC(=O)C1(C#N)CCCC1. The minimum Gasteiger partial charge on any atom is -0.383 e. The van der Waals surface area contributed by atoms with E-state index < -0.39 is 5.41 Å². The molecule has 0 bridgehead atoms. The van der Waals surface area contributed by atoms with E-state index in [1.165, 1.54) is 0 Å². The molecular formula is C13H22N2O2. The fraction of sp³-hybridized carbons (Fsp3) is 0.846. The zero-order valence-corrected chi connectivity index (χ0v) is 10.8. The van der Waals surface area contributed by atoms with Crippen LogP contribution in [0.25, 0.3) is 0 Å². The molecule has 0 saturated heterocycles. The first-order valence-electron chi connectivity index (χ1n) is 6.39. The van der Waals surface area contributed by atoms with Crippen molar-refractivity contribution in [3.05, 3.63) is 0 Å². The van der Waals surface area contributed by atoms with Crippen LogP contribution in [0.1, 0.15) is 45.4 Å². The third-order valence-corrected chi connectivity index (χ3v) is 3.45. The first-order chi connectivity index (χ1) is 8.18. The molecule has 0 radical (unpaired) electrons. The van der Waals surface area contributed by atoms with E-state index in [1.807, 2.05) is 0 Å². The van der Waals surface area contributed by atoms with Crippen LogP contribution in [0.4, 0.5) is 0 Å². The summed E-state index contributed by atoms with van der Waals surface area (Å²) in [4.78, 5) is 12.2. The van der Waals surface area contributed by atoms with E-state index in [2.05, 4.69) is 18.3 Å². The molecule has 0 aromatic rings. The highest BCUT2D eigenvalue weighted by Crippen LogP contribution is 2.37. The fourth-order valence-corrected chi connectivity index (χ4v) is 2.44. The molecular weight excluding hydrogens is 216 g/mol. The van der Waals surface area contributed by atoms with Gasteiger partial charge in [-0.3, -0.25) is 4.79 Å². The van der Waals surface area contributed by atoms with Gasteiger partial charge in [-0.2, -0.15) is 5.26 Å². The number of nitriles is 1. The van der Waals surface area contributed by atoms with Crippen molar-refractivity contribution < 1.29 is 9.53 Å². The third-order valence-electron chi connectivity index (χ3n) is 3.45. The van der Waals surface area contributed by atoms with Gasteiger partial charge in [-0.15, -0.1) is 0 Å². The van der Waals surface area contributed by atoms with Gasteiger partial charge in [-0.25, -0.2) is 0 Å². The van der Waals surface area contributed by atoms with Crippen LogP contribution in [0, 0.1) is 16.7 Å². The second kappa shape index (κ2) is 6.61. The largest absolute Gasteiger partial charge is 0.383 e. The molecule has 0 aliphatic heterocycles. The Bertz CT molecular complexity index is 284. The normalized spacial score (nSPS) is 19.6. The quantitative estimate of drug-likeness (QED) is 0.770. The van der Waals surface area contributed by atoms with Crippen LogP contribution in [0.15, 0.2) is 0 Å². The number of rotatable bonds is 6. The van der Waals surface area contributed by atoms with E-state index in [0.29, 0.717) is 19.4 Å². The van der Waals surface area contributed by atoms with Gasteiger partial charge in [-0.05, 0) is 19.3 Å². The molecule has 0 aromatic heterocycles. The molecule has 1 aliphatic rings. The second-order valence-electron chi connectivity index (χ2n) is 4.82. The van der Waals surface area contributed by atoms with Crippen molar-refractivity contribution in [2.24, 2.45) is 5.41 Å². The minimum atomic E-state index is -0.778. The Hall–Kier alpha value is -1.08. The highest BCUT2D eigenvalue weighted by atomic mass is 16.5. The van der Waals surface area contributed by atoms with Crippen molar-refractivity contribution in [2.45, 2.75) is 51.5 Å². The number of carbonyl (C=O) groups is 1. The number of ether oxygens (including phenoxy) is 1. The molecule has 1 rings (SSSR count). The average molecular weight is 238 g/mol. The molecule has 1 saturated carbocycles. The van der Waals surface area contributed by atoms with Crippen molar-refractivity contribution in [3.8, 4) is 6.07 Å². The summed E-state index contributed by atoms with van der Waals surface area (Å²) in [6.45, 7) is 2.59. The third kappa shape index (κ3) is 3.44. The van der Waals surface area contributed by atoms with Crippen molar-refractivity contribution in [2.75, 3.05) is 13.7 Å². The number of carbonyl (C=O) groups excluding carboxylic acids is 1. The molecule has 4 heteroatoms. The van der Waals surface area contributed by atoms with Crippen LogP contribution in [0.3, 0.4) is 0 Å². The van der Waals surface area contributed by atoms with Crippen LogP contribution < -0.4 is 5.32 Å². The summed E-state index contributed by atoms with van der Waals surface area (Å²) in [5, 5.41) is 12.2. The Labute approximate surface area is 103 Å². The highest BCUT2D eigenvalue weighted by Gasteiger charge is 2.41. The van der Waals surface area contributed by atoms with Crippen LogP contribution in [-0.2, 0) is 9.53 Å². The maximum Gasteiger partial charge on any atom is 0.240 e. The van der Waals surface area contributed by atoms with E-state index in [4.69, 9.17) is 4.74 Å². The maximum atomic E-state index is 12.2. The lowest BCUT2D eigenvalue weighted by molar-refractivity contribution is -0.129. The summed E-state index contributed by atoms with van der Waals surface area (Å²) in [6.07, 6.45) is 5.23. The number of methoxy groups -OCH3 is 1. The van der Waals surface area contributed by atoms with Gasteiger partial charge in [0.15, 0.2) is 0 Å². The van der Waals surface area contributed by atoms with E-state index in [-0.39, 0.29) is 11.9 Å². The van der Waals surface area contributed by atoms with Gasteiger partial charge in [0.25, 0.3) is 0 Å². The lowest BCUT2D eigenvalue weighted by atomic mass is 9.86. The number of hydrogen-bond donors (Lipinski definition) is 1. The first-order valence-corrected chi connectivity index (χ1v) is 6.39. The predicted octanol–water partition coefficient (Wildman–Crippen LogP) is 2.00. The van der Waals surface area contributed by atoms with E-state index >= 15 is 0 Å². The van der Waals surface area contributed by atoms with Crippen LogP contribution >= 0.6 is 0 Å². The Morgan fingerprint density at radius 3 is 2.65 bits per heavy atom. The van der Waals surface area contributed by atoms with Gasteiger partial charge >= 0.3 is 0 Å². The van der Waals surface area contributed by atoms with Gasteiger partial charge in [0.2, 0.25) is 5.91 Å². The van der Waals surface area contributed by atoms with E-state index in [9.17, 15) is 10.1 Å². The molecule has 0 spiro atoms. The van der Waals surface area contributed by atoms with Gasteiger partial charge in [-0.1, -0.05) is 26.2 Å². The maximum absolute atomic E-state index is 12.2. The Morgan fingerprint density at radius 1 is 1.53 bits per heavy atom. The van der Waals surface area contributed by atoms with E-state index in [1.54, 1.807) is 7.11 Å². The van der Waals surface area contributed by atoms with Crippen molar-refractivity contribution >= 4 is 5.91 Å². The van der Waals surface area contributed by atoms with Crippen LogP contribution in [0.5, 0.6) is 0 Å². The van der Waals surface area contributed by atoms with E-state index in [0.717, 1.165) is 25.7 Å². The second-order valence-corrected chi connectivity index (χ2v) is 4.82. The topological polar surface area (TPSA) is 62.1 Å². The minimum absolute atomic E-state index is 0.0309. The van der Waals surface area contributed by atoms with Crippen molar-refractivity contribution in [3.63, 3.8) is 0 Å². The van der Waals surface area contributed by atoms with Crippen LogP contribution in [-0.4, -0.2) is 25.7 Å². The predicted molar refractivity (Wildman–Crippen MR) is 65.2 cm³/mol. The number of nitrogens with one attached hydrogen (secondary N) is 1. The molecule has 1 unspecified atom stereocenters. The number of amides is 1. The summed E-state index contributed by atoms with van der Waals surface area (Å²) in [6, 6.07) is 2.24. The van der Waals surface area contributed by atoms with Gasteiger partial charge in [0.05, 0.1) is 18.7 Å². The zero-order valence-electron chi connectivity index (χ0n) is 10.8. The molecule has 4 nitrogen and oxygen atoms in total. The summed E-state index contributed by atoms with van der Waals surface area (Å²) in [5.41, 5.74) is -0.778. The molecule has 0 heterocycles. The monoisotopic (exact) mass is 238 g/mol. The number of nitrogens with zero attached hydrogens (tertiary/aromatic N) is 1. The van der Waals surface area contributed by atoms with Crippen molar-refractivity contribution in [1.82, 2.24) is 5.32 Å². The highest BCUT2D eigenvalue weighted by molar-refractivity contribution is 5.85. The number of hydrogen-bond acceptors (Lipinski definition) is 3. The summed E-state index contributed by atoms with van der Waals surface area (Å²) in [7, 11) is 1.63. The molecule has 1 atom stereocenters. The Kier molecular flexibility index (Phi) is 5.43. The molecule has 17 heavy (non-hydrogen) atoms. The fourth-order valence-electron chi connectivity index (χ4n) is 2.44. The standard InChI is InChI=1S/C13H22N2O2/c1-3-6-11(9-17-2)15-12(16)13(10-14)7-4-5-8-13/h11H,3-9H2,1-2H3,(H,15,16). The lowest BCUT2D eigenvalue weighted by Crippen LogP contribution is -2.45. The smallest absolute Gasteiger partial charge is 0.240 e. The molecule has 0 aromatic carbocycles. The summed E-state index contributed by atoms with van der Waals surface area (Å²) < 4.78 is 5.09. The molecule has 1 aliphatic carbocycles. The molecule has 96 valence electrons. The first kappa shape index (κ1) is 14.0. The van der Waals surface area contributed by atoms with Crippen molar-refractivity contribution in [1.29, 1.82) is 5.26 Å². The van der Waals surface area contributed by atoms with Gasteiger partial charge < -0.3 is 10.1 Å². The molecule has 1 amide bonds. The summed E-state index contributed by atoms with van der Waals surface area (Å²) >= 11 is 0. The molecule has 1 N–H and O–H groups in total. The average Bonchev–Trinajstić information content (AvgIpc) is 2.79. The van der Waals surface area contributed by atoms with Gasteiger partial charge in [0.1, 0.15) is 5.41 Å².